The summed E-state index contributed by atoms with van der Waals surface area (Å²) in [5.74, 6) is 0. The van der Waals surface area contributed by atoms with Crippen LogP contribution in [0.3, 0.4) is 0 Å². The van der Waals surface area contributed by atoms with Gasteiger partial charge in [0.15, 0.2) is 0 Å². The maximum Gasteiger partial charge on any atom is 0.261 e. The van der Waals surface area contributed by atoms with Gasteiger partial charge in [-0.15, -0.1) is 0 Å². The molecule has 2 aromatic rings. The highest BCUT2D eigenvalue weighted by atomic mass is 28.4. The van der Waals surface area contributed by atoms with Crippen LogP contribution in [0.5, 0.6) is 0 Å². The highest BCUT2D eigenvalue weighted by Crippen LogP contribution is 2.36. The van der Waals surface area contributed by atoms with Gasteiger partial charge in [0, 0.05) is 11.5 Å². The molecule has 0 bridgehead atoms. The van der Waals surface area contributed by atoms with Crippen LogP contribution in [0.15, 0.2) is 65.8 Å². The Morgan fingerprint density at radius 3 is 1.96 bits per heavy atom. The third-order valence-corrected chi connectivity index (χ3v) is 9.58. The van der Waals surface area contributed by atoms with Gasteiger partial charge >= 0.3 is 0 Å². The Morgan fingerprint density at radius 2 is 1.54 bits per heavy atom. The Hall–Kier alpha value is -2.11. The van der Waals surface area contributed by atoms with E-state index in [1.54, 1.807) is 0 Å². The van der Waals surface area contributed by atoms with Crippen molar-refractivity contribution in [1.29, 1.82) is 0 Å². The molecule has 0 aliphatic rings. The predicted octanol–water partition coefficient (Wildman–Crippen LogP) is 3.62. The molecule has 26 heavy (non-hydrogen) atoms. The van der Waals surface area contributed by atoms with Gasteiger partial charge < -0.3 is 9.53 Å². The third kappa shape index (κ3) is 4.53. The second-order valence-electron chi connectivity index (χ2n) is 7.37. The van der Waals surface area contributed by atoms with E-state index in [9.17, 15) is 5.11 Å². The minimum atomic E-state index is -2.56. The fourth-order valence-corrected chi connectivity index (χ4v) is 7.91. The first kappa shape index (κ1) is 20.2. The molecule has 0 aliphatic carbocycles. The Bertz CT molecular complexity index is 686. The van der Waals surface area contributed by atoms with Crippen molar-refractivity contribution in [1.82, 2.24) is 0 Å². The molecule has 6 heteroatoms. The van der Waals surface area contributed by atoms with Crippen molar-refractivity contribution in [2.75, 3.05) is 13.2 Å². The molecule has 2 aromatic carbocycles. The standard InChI is InChI=1S/C20H27N3O2Si/c1-20(2,3)26(18-10-6-4-7-11-18,19-12-8-5-9-13-19)25-15-14-17(24)16-22-23-21/h4-13,17,24H,14-16H2,1-3H3/t17-/m1/s1. The van der Waals surface area contributed by atoms with Crippen molar-refractivity contribution >= 4 is 18.7 Å². The molecule has 0 unspecified atom stereocenters. The molecule has 0 amide bonds. The van der Waals surface area contributed by atoms with E-state index >= 15 is 0 Å². The third-order valence-electron chi connectivity index (χ3n) is 4.54. The van der Waals surface area contributed by atoms with Crippen LogP contribution in [0.4, 0.5) is 0 Å². The van der Waals surface area contributed by atoms with Gasteiger partial charge in [-0.3, -0.25) is 0 Å². The van der Waals surface area contributed by atoms with Gasteiger partial charge in [0.2, 0.25) is 0 Å². The summed E-state index contributed by atoms with van der Waals surface area (Å²) in [6.07, 6.45) is -0.257. The molecule has 0 aromatic heterocycles. The lowest BCUT2D eigenvalue weighted by molar-refractivity contribution is 0.143. The van der Waals surface area contributed by atoms with Crippen LogP contribution in [-0.4, -0.2) is 32.7 Å². The van der Waals surface area contributed by atoms with Crippen molar-refractivity contribution in [2.45, 2.75) is 38.3 Å². The first-order valence-corrected chi connectivity index (χ1v) is 10.8. The quantitative estimate of drug-likeness (QED) is 0.334. The average Bonchev–Trinajstić information content (AvgIpc) is 2.64. The predicted molar refractivity (Wildman–Crippen MR) is 108 cm³/mol. The minimum absolute atomic E-state index is 0.0700. The first-order chi connectivity index (χ1) is 12.4. The molecule has 0 radical (unpaired) electrons. The Morgan fingerprint density at radius 1 is 1.04 bits per heavy atom. The number of nitrogens with zero attached hydrogens (tertiary/aromatic N) is 3. The molecule has 0 fully saturated rings. The molecule has 0 spiro atoms. The highest BCUT2D eigenvalue weighted by Gasteiger charge is 2.49. The topological polar surface area (TPSA) is 78.2 Å². The van der Waals surface area contributed by atoms with E-state index in [1.807, 2.05) is 36.4 Å². The van der Waals surface area contributed by atoms with Gasteiger partial charge in [-0.05, 0) is 27.4 Å². The summed E-state index contributed by atoms with van der Waals surface area (Å²) in [4.78, 5) is 2.70. The van der Waals surface area contributed by atoms with Crippen LogP contribution < -0.4 is 10.4 Å². The van der Waals surface area contributed by atoms with Gasteiger partial charge in [-0.1, -0.05) is 86.5 Å². The number of hydrogen-bond donors (Lipinski definition) is 1. The molecule has 138 valence electrons. The molecule has 1 N–H and O–H groups in total. The van der Waals surface area contributed by atoms with Gasteiger partial charge in [-0.2, -0.15) is 0 Å². The van der Waals surface area contributed by atoms with Crippen LogP contribution in [-0.2, 0) is 4.43 Å². The second-order valence-corrected chi connectivity index (χ2v) is 11.7. The second kappa shape index (κ2) is 9.01. The van der Waals surface area contributed by atoms with Gasteiger partial charge in [0.25, 0.3) is 8.32 Å². The van der Waals surface area contributed by atoms with E-state index in [2.05, 4.69) is 55.1 Å². The number of azide groups is 1. The van der Waals surface area contributed by atoms with Crippen molar-refractivity contribution in [3.05, 3.63) is 71.1 Å². The number of aliphatic hydroxyl groups excluding tert-OH is 1. The lowest BCUT2D eigenvalue weighted by Crippen LogP contribution is -2.66. The maximum absolute atomic E-state index is 9.99. The van der Waals surface area contributed by atoms with Gasteiger partial charge in [0.1, 0.15) is 0 Å². The molecule has 5 nitrogen and oxygen atoms in total. The van der Waals surface area contributed by atoms with E-state index in [-0.39, 0.29) is 11.6 Å². The van der Waals surface area contributed by atoms with E-state index in [4.69, 9.17) is 9.96 Å². The maximum atomic E-state index is 9.99. The van der Waals surface area contributed by atoms with Crippen molar-refractivity contribution in [2.24, 2.45) is 5.11 Å². The summed E-state index contributed by atoms with van der Waals surface area (Å²) in [6, 6.07) is 20.8. The van der Waals surface area contributed by atoms with Crippen LogP contribution >= 0.6 is 0 Å². The van der Waals surface area contributed by atoms with E-state index in [0.717, 1.165) is 0 Å². The van der Waals surface area contributed by atoms with Crippen LogP contribution in [0, 0.1) is 0 Å². The van der Waals surface area contributed by atoms with Gasteiger partial charge in [-0.25, -0.2) is 0 Å². The zero-order chi connectivity index (χ0) is 19.0. The average molecular weight is 370 g/mol. The molecular weight excluding hydrogens is 342 g/mol. The number of aliphatic hydroxyl groups is 1. The fourth-order valence-electron chi connectivity index (χ4n) is 3.33. The SMILES string of the molecule is CC(C)(C)[Si](OCC[C@@H](O)CN=[N+]=[N-])(c1ccccc1)c1ccccc1. The van der Waals surface area contributed by atoms with E-state index in [1.165, 1.54) is 10.4 Å². The zero-order valence-electron chi connectivity index (χ0n) is 15.7. The van der Waals surface area contributed by atoms with Crippen molar-refractivity contribution in [3.8, 4) is 0 Å². The Kier molecular flexibility index (Phi) is 7.00. The molecule has 2 rings (SSSR count). The molecule has 0 saturated heterocycles. The van der Waals surface area contributed by atoms with Crippen LogP contribution in [0.25, 0.3) is 10.4 Å². The smallest absolute Gasteiger partial charge is 0.261 e. The molecule has 1 atom stereocenters. The summed E-state index contributed by atoms with van der Waals surface area (Å²) < 4.78 is 6.66. The van der Waals surface area contributed by atoms with Crippen molar-refractivity contribution < 1.29 is 9.53 Å². The highest BCUT2D eigenvalue weighted by molar-refractivity contribution is 6.99. The summed E-state index contributed by atoms with van der Waals surface area (Å²) in [5.41, 5.74) is 8.40. The lowest BCUT2D eigenvalue weighted by Gasteiger charge is -2.43. The first-order valence-electron chi connectivity index (χ1n) is 8.86. The zero-order valence-corrected chi connectivity index (χ0v) is 16.7. The van der Waals surface area contributed by atoms with Crippen molar-refractivity contribution in [3.63, 3.8) is 0 Å². The molecule has 0 saturated carbocycles. The normalized spacial score (nSPS) is 13.1. The minimum Gasteiger partial charge on any atom is -0.407 e. The fraction of sp³-hybridized carbons (Fsp3) is 0.400. The molecular formula is C20H27N3O2Si. The van der Waals surface area contributed by atoms with E-state index in [0.29, 0.717) is 13.0 Å². The Balaban J connectivity index is 2.39. The summed E-state index contributed by atoms with van der Waals surface area (Å²) in [7, 11) is -2.56. The number of benzene rings is 2. The molecule has 0 heterocycles. The summed E-state index contributed by atoms with van der Waals surface area (Å²) in [5, 5.41) is 15.8. The number of rotatable bonds is 8. The molecule has 0 aliphatic heterocycles. The summed E-state index contributed by atoms with van der Waals surface area (Å²) in [6.45, 7) is 7.14. The van der Waals surface area contributed by atoms with Gasteiger partial charge in [0.05, 0.1) is 12.6 Å². The van der Waals surface area contributed by atoms with Crippen LogP contribution in [0.2, 0.25) is 5.04 Å². The number of hydrogen-bond acceptors (Lipinski definition) is 3. The lowest BCUT2D eigenvalue weighted by atomic mass is 10.2. The monoisotopic (exact) mass is 369 g/mol. The van der Waals surface area contributed by atoms with Crippen LogP contribution in [0.1, 0.15) is 27.2 Å². The Labute approximate surface area is 156 Å². The largest absolute Gasteiger partial charge is 0.407 e. The van der Waals surface area contributed by atoms with E-state index < -0.39 is 14.4 Å². The summed E-state index contributed by atoms with van der Waals surface area (Å²) >= 11 is 0.